The smallest absolute Gasteiger partial charge is 0.368 e. The van der Waals surface area contributed by atoms with Crippen molar-refractivity contribution in [3.63, 3.8) is 0 Å². The molecule has 4 rings (SSSR count). The van der Waals surface area contributed by atoms with Crippen LogP contribution >= 0.6 is 0 Å². The highest BCUT2D eigenvalue weighted by Gasteiger charge is 2.27. The summed E-state index contributed by atoms with van der Waals surface area (Å²) in [5.74, 6) is -0.209. The summed E-state index contributed by atoms with van der Waals surface area (Å²) in [4.78, 5) is 28.7. The summed E-state index contributed by atoms with van der Waals surface area (Å²) in [6, 6.07) is 14.1. The van der Waals surface area contributed by atoms with E-state index in [1.165, 1.54) is 13.5 Å². The number of benzene rings is 2. The number of rotatable bonds is 6. The van der Waals surface area contributed by atoms with E-state index in [0.29, 0.717) is 29.0 Å². The van der Waals surface area contributed by atoms with Gasteiger partial charge in [-0.25, -0.2) is 9.59 Å². The summed E-state index contributed by atoms with van der Waals surface area (Å²) in [5, 5.41) is 3.90. The quantitative estimate of drug-likeness (QED) is 0.401. The van der Waals surface area contributed by atoms with Gasteiger partial charge in [0.25, 0.3) is 0 Å². The van der Waals surface area contributed by atoms with E-state index in [4.69, 9.17) is 19.0 Å². The second-order valence-electron chi connectivity index (χ2n) is 7.31. The van der Waals surface area contributed by atoms with Gasteiger partial charge in [-0.1, -0.05) is 29.4 Å². The molecule has 160 valence electrons. The molecule has 0 spiro atoms. The number of nitrogens with zero attached hydrogens (tertiary/aromatic N) is 1. The Labute approximate surface area is 180 Å². The van der Waals surface area contributed by atoms with Crippen LogP contribution in [0.15, 0.2) is 59.3 Å². The van der Waals surface area contributed by atoms with Crippen molar-refractivity contribution in [1.29, 1.82) is 0 Å². The molecule has 2 aliphatic heterocycles. The third-order valence-electron chi connectivity index (χ3n) is 5.18. The normalized spacial score (nSPS) is 19.6. The number of oxime groups is 1. The molecule has 1 saturated heterocycles. The van der Waals surface area contributed by atoms with Crippen molar-refractivity contribution in [2.45, 2.75) is 25.4 Å². The Hall–Kier alpha value is -3.45. The van der Waals surface area contributed by atoms with Gasteiger partial charge >= 0.3 is 11.9 Å². The molecule has 7 heteroatoms. The number of carbonyl (C=O) groups is 2. The van der Waals surface area contributed by atoms with Gasteiger partial charge in [0.2, 0.25) is 0 Å². The van der Waals surface area contributed by atoms with Crippen LogP contribution in [0.1, 0.15) is 40.7 Å². The Morgan fingerprint density at radius 3 is 2.58 bits per heavy atom. The number of hydrogen-bond acceptors (Lipinski definition) is 7. The highest BCUT2D eigenvalue weighted by atomic mass is 16.7. The van der Waals surface area contributed by atoms with Crippen molar-refractivity contribution in [1.82, 2.24) is 0 Å². The molecule has 7 nitrogen and oxygen atoms in total. The molecule has 0 saturated carbocycles. The first-order valence-electron chi connectivity index (χ1n) is 10.2. The molecule has 2 aromatic carbocycles. The van der Waals surface area contributed by atoms with E-state index >= 15 is 0 Å². The fraction of sp³-hybridized carbons (Fsp3) is 0.292. The Morgan fingerprint density at radius 2 is 1.90 bits per heavy atom. The van der Waals surface area contributed by atoms with Gasteiger partial charge in [-0.15, -0.1) is 0 Å². The zero-order valence-corrected chi connectivity index (χ0v) is 17.2. The highest BCUT2D eigenvalue weighted by Crippen LogP contribution is 2.23. The standard InChI is InChI=1S/C24H23NO6/c1-28-23(26)18-9-7-17(8-10-18)22-21(24(27)31-25-22)14-16-5-11-19(12-6-16)30-15-20-4-2-3-13-29-20/h5-12,14,20H,2-4,13,15H2,1H3/b21-14-. The zero-order valence-electron chi connectivity index (χ0n) is 17.2. The number of hydrogen-bond donors (Lipinski definition) is 0. The van der Waals surface area contributed by atoms with Crippen molar-refractivity contribution >= 4 is 23.7 Å². The molecule has 0 radical (unpaired) electrons. The first-order valence-corrected chi connectivity index (χ1v) is 10.2. The predicted octanol–water partition coefficient (Wildman–Crippen LogP) is 3.77. The maximum atomic E-state index is 12.2. The van der Waals surface area contributed by atoms with Crippen molar-refractivity contribution < 1.29 is 28.6 Å². The van der Waals surface area contributed by atoms with Gasteiger partial charge < -0.3 is 19.0 Å². The predicted molar refractivity (Wildman–Crippen MR) is 114 cm³/mol. The second-order valence-corrected chi connectivity index (χ2v) is 7.31. The molecule has 0 aliphatic carbocycles. The average Bonchev–Trinajstić information content (AvgIpc) is 3.19. The maximum absolute atomic E-state index is 12.2. The van der Waals surface area contributed by atoms with Crippen molar-refractivity contribution in [3.8, 4) is 5.75 Å². The summed E-state index contributed by atoms with van der Waals surface area (Å²) >= 11 is 0. The summed E-state index contributed by atoms with van der Waals surface area (Å²) < 4.78 is 16.2. The van der Waals surface area contributed by atoms with E-state index in [2.05, 4.69) is 5.16 Å². The minimum absolute atomic E-state index is 0.146. The van der Waals surface area contributed by atoms with Crippen LogP contribution in [-0.4, -0.2) is 44.1 Å². The molecule has 1 fully saturated rings. The topological polar surface area (TPSA) is 83.4 Å². The van der Waals surface area contributed by atoms with Gasteiger partial charge in [0.05, 0.1) is 24.4 Å². The average molecular weight is 421 g/mol. The van der Waals surface area contributed by atoms with Gasteiger partial charge in [0.15, 0.2) is 0 Å². The maximum Gasteiger partial charge on any atom is 0.368 e. The fourth-order valence-corrected chi connectivity index (χ4v) is 3.45. The van der Waals surface area contributed by atoms with Gasteiger partial charge in [-0.3, -0.25) is 0 Å². The SMILES string of the molecule is COC(=O)c1ccc(C2=NOC(=O)/C2=C\c2ccc(OCC3CCCCO3)cc2)cc1. The lowest BCUT2D eigenvalue weighted by molar-refractivity contribution is -0.136. The minimum Gasteiger partial charge on any atom is -0.491 e. The molecule has 2 heterocycles. The van der Waals surface area contributed by atoms with Crippen LogP contribution in [0.3, 0.4) is 0 Å². The Bertz CT molecular complexity index is 1000. The lowest BCUT2D eigenvalue weighted by Crippen LogP contribution is -2.25. The fourth-order valence-electron chi connectivity index (χ4n) is 3.45. The lowest BCUT2D eigenvalue weighted by Gasteiger charge is -2.22. The molecule has 0 aromatic heterocycles. The second kappa shape index (κ2) is 9.57. The zero-order chi connectivity index (χ0) is 21.6. The van der Waals surface area contributed by atoms with Crippen LogP contribution in [0.25, 0.3) is 6.08 Å². The molecule has 31 heavy (non-hydrogen) atoms. The molecule has 0 amide bonds. The summed E-state index contributed by atoms with van der Waals surface area (Å²) in [5.41, 5.74) is 2.65. The molecule has 0 bridgehead atoms. The number of methoxy groups -OCH3 is 1. The molecular formula is C24H23NO6. The Kier molecular flexibility index (Phi) is 6.43. The van der Waals surface area contributed by atoms with E-state index in [1.807, 2.05) is 24.3 Å². The van der Waals surface area contributed by atoms with Crippen molar-refractivity contribution in [2.75, 3.05) is 20.3 Å². The first-order chi connectivity index (χ1) is 15.1. The third kappa shape index (κ3) is 5.00. The number of carbonyl (C=O) groups excluding carboxylic acids is 2. The van der Waals surface area contributed by atoms with E-state index < -0.39 is 11.9 Å². The van der Waals surface area contributed by atoms with Crippen LogP contribution < -0.4 is 4.74 Å². The Morgan fingerprint density at radius 1 is 1.13 bits per heavy atom. The van der Waals surface area contributed by atoms with Crippen LogP contribution in [0.2, 0.25) is 0 Å². The van der Waals surface area contributed by atoms with Crippen LogP contribution in [0, 0.1) is 0 Å². The highest BCUT2D eigenvalue weighted by molar-refractivity contribution is 6.31. The summed E-state index contributed by atoms with van der Waals surface area (Å²) in [7, 11) is 1.32. The van der Waals surface area contributed by atoms with Gasteiger partial charge in [-0.2, -0.15) is 0 Å². The molecule has 0 N–H and O–H groups in total. The van der Waals surface area contributed by atoms with Gasteiger partial charge in [0, 0.05) is 12.2 Å². The van der Waals surface area contributed by atoms with Crippen LogP contribution in [0.4, 0.5) is 0 Å². The molecule has 2 aliphatic rings. The third-order valence-corrected chi connectivity index (χ3v) is 5.18. The van der Waals surface area contributed by atoms with Crippen molar-refractivity contribution in [3.05, 3.63) is 70.8 Å². The number of ether oxygens (including phenoxy) is 3. The van der Waals surface area contributed by atoms with Crippen LogP contribution in [-0.2, 0) is 19.1 Å². The minimum atomic E-state index is -0.526. The Balaban J connectivity index is 1.45. The van der Waals surface area contributed by atoms with E-state index in [0.717, 1.165) is 30.8 Å². The monoisotopic (exact) mass is 421 g/mol. The first kappa shape index (κ1) is 20.8. The van der Waals surface area contributed by atoms with E-state index in [9.17, 15) is 9.59 Å². The van der Waals surface area contributed by atoms with Gasteiger partial charge in [0.1, 0.15) is 18.1 Å². The van der Waals surface area contributed by atoms with E-state index in [-0.39, 0.29) is 6.10 Å². The molecule has 1 unspecified atom stereocenters. The largest absolute Gasteiger partial charge is 0.491 e. The summed E-state index contributed by atoms with van der Waals surface area (Å²) in [6.45, 7) is 1.33. The van der Waals surface area contributed by atoms with Gasteiger partial charge in [-0.05, 0) is 55.2 Å². The van der Waals surface area contributed by atoms with Crippen LogP contribution in [0.5, 0.6) is 5.75 Å². The molecule has 1 atom stereocenters. The summed E-state index contributed by atoms with van der Waals surface area (Å²) in [6.07, 6.45) is 5.17. The lowest BCUT2D eigenvalue weighted by atomic mass is 9.99. The number of esters is 1. The van der Waals surface area contributed by atoms with Crippen molar-refractivity contribution in [2.24, 2.45) is 5.16 Å². The molecule has 2 aromatic rings. The van der Waals surface area contributed by atoms with E-state index in [1.54, 1.807) is 30.3 Å². The molecular weight excluding hydrogens is 398 g/mol.